The van der Waals surface area contributed by atoms with E-state index in [1.165, 1.54) is 0 Å². The minimum Gasteiger partial charge on any atom is -0.385 e. The Kier molecular flexibility index (Phi) is 9.84. The number of aromatic nitrogens is 1. The number of hydrogen-bond donors (Lipinski definition) is 1. The molecule has 1 aromatic heterocycles. The Hall–Kier alpha value is -1.89. The van der Waals surface area contributed by atoms with Crippen LogP contribution in [0, 0.1) is 12.8 Å². The van der Waals surface area contributed by atoms with Gasteiger partial charge in [0.15, 0.2) is 5.82 Å². The summed E-state index contributed by atoms with van der Waals surface area (Å²) in [7, 11) is 1.63. The van der Waals surface area contributed by atoms with Crippen molar-refractivity contribution in [2.24, 2.45) is 5.92 Å². The van der Waals surface area contributed by atoms with E-state index >= 15 is 0 Å². The Labute approximate surface area is 150 Å². The van der Waals surface area contributed by atoms with Gasteiger partial charge in [-0.25, -0.2) is 0 Å². The summed E-state index contributed by atoms with van der Waals surface area (Å²) in [5.74, 6) is 0.714. The molecule has 0 bridgehead atoms. The topological polar surface area (TPSA) is 84.7 Å². The van der Waals surface area contributed by atoms with E-state index < -0.39 is 0 Å². The number of carbonyl (C=O) groups excluding carboxylic acids is 2. The van der Waals surface area contributed by atoms with Gasteiger partial charge in [0.1, 0.15) is 5.76 Å². The van der Waals surface area contributed by atoms with Crippen molar-refractivity contribution >= 4 is 17.6 Å². The minimum absolute atomic E-state index is 0.0110. The minimum atomic E-state index is -0.274. The number of methoxy groups -OCH3 is 1. The number of rotatable bonds is 12. The van der Waals surface area contributed by atoms with Crippen molar-refractivity contribution in [2.45, 2.75) is 52.9 Å². The zero-order valence-corrected chi connectivity index (χ0v) is 15.8. The average Bonchev–Trinajstić information content (AvgIpc) is 2.99. The maximum absolute atomic E-state index is 12.8. The number of ether oxygens (including phenoxy) is 1. The van der Waals surface area contributed by atoms with Crippen molar-refractivity contribution in [1.29, 1.82) is 0 Å². The number of unbranched alkanes of at least 4 members (excludes halogenated alkanes) is 1. The van der Waals surface area contributed by atoms with Crippen molar-refractivity contribution in [2.75, 3.05) is 32.1 Å². The third kappa shape index (κ3) is 7.69. The van der Waals surface area contributed by atoms with Crippen LogP contribution in [0.25, 0.3) is 0 Å². The molecule has 142 valence electrons. The summed E-state index contributed by atoms with van der Waals surface area (Å²) >= 11 is 0. The average molecular weight is 353 g/mol. The molecule has 0 aliphatic heterocycles. The molecular weight excluding hydrogens is 322 g/mol. The molecular formula is C18H31N3O4. The maximum atomic E-state index is 12.8. The van der Waals surface area contributed by atoms with Crippen molar-refractivity contribution < 1.29 is 18.8 Å². The molecule has 0 saturated carbocycles. The highest BCUT2D eigenvalue weighted by atomic mass is 16.5. The number of carbonyl (C=O) groups is 2. The first-order valence-corrected chi connectivity index (χ1v) is 9.02. The van der Waals surface area contributed by atoms with Crippen LogP contribution < -0.4 is 5.32 Å². The number of nitrogens with zero attached hydrogens (tertiary/aromatic N) is 2. The van der Waals surface area contributed by atoms with Crippen LogP contribution in [-0.2, 0) is 14.3 Å². The highest BCUT2D eigenvalue weighted by molar-refractivity contribution is 5.94. The van der Waals surface area contributed by atoms with Crippen LogP contribution in [0.2, 0.25) is 0 Å². The lowest BCUT2D eigenvalue weighted by molar-refractivity contribution is -0.139. The van der Waals surface area contributed by atoms with E-state index in [-0.39, 0.29) is 24.3 Å². The predicted molar refractivity (Wildman–Crippen MR) is 96.2 cm³/mol. The molecule has 7 heteroatoms. The Morgan fingerprint density at radius 3 is 2.68 bits per heavy atom. The normalized spacial score (nSPS) is 12.0. The van der Waals surface area contributed by atoms with E-state index in [0.717, 1.165) is 25.7 Å². The van der Waals surface area contributed by atoms with E-state index in [2.05, 4.69) is 17.4 Å². The molecule has 1 aromatic rings. The Bertz CT molecular complexity index is 530. The fourth-order valence-corrected chi connectivity index (χ4v) is 2.66. The molecule has 25 heavy (non-hydrogen) atoms. The summed E-state index contributed by atoms with van der Waals surface area (Å²) in [5.41, 5.74) is 0. The fourth-order valence-electron chi connectivity index (χ4n) is 2.66. The van der Waals surface area contributed by atoms with Gasteiger partial charge in [-0.15, -0.1) is 0 Å². The van der Waals surface area contributed by atoms with E-state index in [0.29, 0.717) is 31.2 Å². The van der Waals surface area contributed by atoms with Crippen molar-refractivity contribution in [3.63, 3.8) is 0 Å². The number of amides is 2. The third-order valence-electron chi connectivity index (χ3n) is 4.07. The molecule has 0 fully saturated rings. The molecule has 2 amide bonds. The lowest BCUT2D eigenvalue weighted by Crippen LogP contribution is -2.42. The van der Waals surface area contributed by atoms with Crippen LogP contribution in [0.15, 0.2) is 10.6 Å². The third-order valence-corrected chi connectivity index (χ3v) is 4.07. The van der Waals surface area contributed by atoms with Gasteiger partial charge < -0.3 is 19.5 Å². The largest absolute Gasteiger partial charge is 0.385 e. The van der Waals surface area contributed by atoms with Gasteiger partial charge in [0, 0.05) is 32.2 Å². The van der Waals surface area contributed by atoms with Gasteiger partial charge in [-0.1, -0.05) is 31.8 Å². The van der Waals surface area contributed by atoms with Crippen molar-refractivity contribution in [3.05, 3.63) is 11.8 Å². The molecule has 7 nitrogen and oxygen atoms in total. The molecule has 0 aliphatic rings. The second-order valence-electron chi connectivity index (χ2n) is 6.22. The first kappa shape index (κ1) is 21.2. The Morgan fingerprint density at radius 1 is 1.36 bits per heavy atom. The van der Waals surface area contributed by atoms with Gasteiger partial charge in [0.25, 0.3) is 0 Å². The van der Waals surface area contributed by atoms with Gasteiger partial charge >= 0.3 is 0 Å². The smallest absolute Gasteiger partial charge is 0.245 e. The number of aryl methyl sites for hydroxylation is 1. The van der Waals surface area contributed by atoms with Crippen LogP contribution in [0.5, 0.6) is 0 Å². The molecule has 0 saturated heterocycles. The quantitative estimate of drug-likeness (QED) is 0.584. The summed E-state index contributed by atoms with van der Waals surface area (Å²) < 4.78 is 10.0. The standard InChI is InChI=1S/C18H31N3O4/c1-5-7-9-15(6-2)18(23)21(10-8-11-24-4)13-17(22)19-16-12-14(3)25-20-16/h12,15H,5-11,13H2,1-4H3,(H,19,20,22). The Morgan fingerprint density at radius 2 is 2.12 bits per heavy atom. The molecule has 0 aromatic carbocycles. The first-order chi connectivity index (χ1) is 12.0. The summed E-state index contributed by atoms with van der Waals surface area (Å²) in [6.07, 6.45) is 4.41. The summed E-state index contributed by atoms with van der Waals surface area (Å²) in [6, 6.07) is 1.64. The van der Waals surface area contributed by atoms with Crippen LogP contribution in [0.3, 0.4) is 0 Å². The molecule has 1 rings (SSSR count). The van der Waals surface area contributed by atoms with Crippen molar-refractivity contribution in [3.8, 4) is 0 Å². The first-order valence-electron chi connectivity index (χ1n) is 9.02. The monoisotopic (exact) mass is 353 g/mol. The van der Waals surface area contributed by atoms with E-state index in [4.69, 9.17) is 9.26 Å². The van der Waals surface area contributed by atoms with E-state index in [9.17, 15) is 9.59 Å². The van der Waals surface area contributed by atoms with Gasteiger partial charge in [-0.3, -0.25) is 9.59 Å². The van der Waals surface area contributed by atoms with Gasteiger partial charge in [-0.05, 0) is 26.2 Å². The lowest BCUT2D eigenvalue weighted by atomic mass is 9.97. The molecule has 0 radical (unpaired) electrons. The molecule has 1 heterocycles. The van der Waals surface area contributed by atoms with E-state index in [1.807, 2.05) is 6.92 Å². The van der Waals surface area contributed by atoms with Crippen LogP contribution in [0.4, 0.5) is 5.82 Å². The van der Waals surface area contributed by atoms with Crippen LogP contribution >= 0.6 is 0 Å². The van der Waals surface area contributed by atoms with Gasteiger partial charge in [0.05, 0.1) is 6.54 Å². The predicted octanol–water partition coefficient (Wildman–Crippen LogP) is 3.00. The number of nitrogens with one attached hydrogen (secondary N) is 1. The van der Waals surface area contributed by atoms with Gasteiger partial charge in [-0.2, -0.15) is 0 Å². The molecule has 0 aliphatic carbocycles. The summed E-state index contributed by atoms with van der Waals surface area (Å²) in [5, 5.41) is 6.41. The van der Waals surface area contributed by atoms with Crippen LogP contribution in [0.1, 0.15) is 51.7 Å². The lowest BCUT2D eigenvalue weighted by Gasteiger charge is -2.26. The summed E-state index contributed by atoms with van der Waals surface area (Å²) in [4.78, 5) is 26.7. The number of hydrogen-bond acceptors (Lipinski definition) is 5. The zero-order valence-electron chi connectivity index (χ0n) is 15.8. The highest BCUT2D eigenvalue weighted by Crippen LogP contribution is 2.16. The van der Waals surface area contributed by atoms with E-state index in [1.54, 1.807) is 25.0 Å². The zero-order chi connectivity index (χ0) is 18.7. The molecule has 1 unspecified atom stereocenters. The van der Waals surface area contributed by atoms with Gasteiger partial charge in [0.2, 0.25) is 11.8 Å². The SMILES string of the molecule is CCCCC(CC)C(=O)N(CCCOC)CC(=O)Nc1cc(C)on1. The second-order valence-corrected chi connectivity index (χ2v) is 6.22. The molecule has 1 atom stereocenters. The molecule has 1 N–H and O–H groups in total. The molecule has 0 spiro atoms. The van der Waals surface area contributed by atoms with Crippen LogP contribution in [-0.4, -0.2) is 48.7 Å². The maximum Gasteiger partial charge on any atom is 0.245 e. The highest BCUT2D eigenvalue weighted by Gasteiger charge is 2.24. The fraction of sp³-hybridized carbons (Fsp3) is 0.722. The van der Waals surface area contributed by atoms with Crippen molar-refractivity contribution in [1.82, 2.24) is 10.1 Å². The second kappa shape index (κ2) is 11.6. The summed E-state index contributed by atoms with van der Waals surface area (Å²) in [6.45, 7) is 6.95. The Balaban J connectivity index is 2.69. The number of anilines is 1.